The minimum absolute atomic E-state index is 0.688. The maximum Gasteiger partial charge on any atom is 0.217 e. The van der Waals surface area contributed by atoms with E-state index in [0.29, 0.717) is 0 Å². The molecule has 3 aliphatic rings. The van der Waals surface area contributed by atoms with E-state index in [1.54, 1.807) is 0 Å². The summed E-state index contributed by atoms with van der Waals surface area (Å²) in [6.07, 6.45) is -33.1. The number of hydrogen-bond donors (Lipinski definition) is 15. The zero-order valence-corrected chi connectivity index (χ0v) is 25.6. The zero-order chi connectivity index (χ0) is 36.0. The Kier molecular flexibility index (Phi) is 15.6. The molecule has 0 aromatic carbocycles. The van der Waals surface area contributed by atoms with Gasteiger partial charge in [-0.15, -0.1) is 0 Å². The molecule has 1 amide bonds. The van der Waals surface area contributed by atoms with Gasteiger partial charge in [0.2, 0.25) is 5.91 Å². The molecule has 22 heteroatoms. The van der Waals surface area contributed by atoms with Gasteiger partial charge < -0.3 is 105 Å². The molecular weight excluding hydrogens is 662 g/mol. The summed E-state index contributed by atoms with van der Waals surface area (Å²) in [5.41, 5.74) is 0. The minimum atomic E-state index is -2.10. The molecule has 19 atom stereocenters. The first-order valence-corrected chi connectivity index (χ1v) is 15.0. The van der Waals surface area contributed by atoms with Crippen molar-refractivity contribution in [1.82, 2.24) is 5.32 Å². The zero-order valence-electron chi connectivity index (χ0n) is 25.6. The summed E-state index contributed by atoms with van der Waals surface area (Å²) in [4.78, 5) is 11.8. The number of ether oxygens (including phenoxy) is 6. The first kappa shape index (κ1) is 41.1. The molecule has 0 spiro atoms. The number of amides is 1. The SMILES string of the molecule is CC(=O)N[C@H]1[C@H](O[C@H]2[C@H](O)[C@@H](O)[C@H](O[C@@H]3[C@@H](O)[C@H](O[C@@H]([C@H](O)[C@H](O)CO)[C@@H](O)CO)O[C@H](CO)[C@H]3O)O[C@@H]2CO)O[C@H](CO)[C@@H](O)[C@@H]1O. The molecule has 0 radical (unpaired) electrons. The van der Waals surface area contributed by atoms with Gasteiger partial charge in [-0.3, -0.25) is 4.79 Å². The van der Waals surface area contributed by atoms with Crippen LogP contribution in [0.3, 0.4) is 0 Å². The monoisotopic (exact) mass is 709 g/mol. The Morgan fingerprint density at radius 1 is 0.625 bits per heavy atom. The number of nitrogens with one attached hydrogen (secondary N) is 1. The predicted octanol–water partition coefficient (Wildman–Crippen LogP) is -9.97. The quantitative estimate of drug-likeness (QED) is 0.0750. The molecule has 0 saturated carbocycles. The lowest BCUT2D eigenvalue weighted by Crippen LogP contribution is -2.68. The smallest absolute Gasteiger partial charge is 0.217 e. The third-order valence-corrected chi connectivity index (χ3v) is 8.25. The molecule has 3 fully saturated rings. The summed E-state index contributed by atoms with van der Waals surface area (Å²) in [7, 11) is 0. The second-order valence-electron chi connectivity index (χ2n) is 11.6. The lowest BCUT2D eigenvalue weighted by molar-refractivity contribution is -0.379. The Balaban J connectivity index is 1.81. The van der Waals surface area contributed by atoms with E-state index in [1.165, 1.54) is 0 Å². The summed E-state index contributed by atoms with van der Waals surface area (Å²) in [6.45, 7) is -3.61. The number of rotatable bonds is 15. The number of aliphatic hydroxyl groups excluding tert-OH is 14. The lowest BCUT2D eigenvalue weighted by Gasteiger charge is -2.49. The van der Waals surface area contributed by atoms with Gasteiger partial charge in [0.15, 0.2) is 18.9 Å². The van der Waals surface area contributed by atoms with Crippen LogP contribution in [0, 0.1) is 0 Å². The fourth-order valence-electron chi connectivity index (χ4n) is 5.54. The molecule has 0 bridgehead atoms. The highest BCUT2D eigenvalue weighted by atomic mass is 16.8. The van der Waals surface area contributed by atoms with Crippen molar-refractivity contribution in [2.24, 2.45) is 0 Å². The average molecular weight is 710 g/mol. The van der Waals surface area contributed by atoms with Crippen LogP contribution in [-0.2, 0) is 33.2 Å². The van der Waals surface area contributed by atoms with E-state index in [1.807, 2.05) is 0 Å². The highest BCUT2D eigenvalue weighted by Gasteiger charge is 2.54. The van der Waals surface area contributed by atoms with E-state index < -0.39 is 155 Å². The van der Waals surface area contributed by atoms with Crippen LogP contribution in [0.2, 0.25) is 0 Å². The normalized spacial score (nSPS) is 43.3. The molecule has 3 rings (SSSR count). The summed E-state index contributed by atoms with van der Waals surface area (Å²) in [5, 5.41) is 145. The molecule has 0 aliphatic carbocycles. The van der Waals surface area contributed by atoms with Crippen LogP contribution in [0.15, 0.2) is 0 Å². The Labute approximate surface area is 272 Å². The van der Waals surface area contributed by atoms with Crippen molar-refractivity contribution in [3.63, 3.8) is 0 Å². The maximum absolute atomic E-state index is 11.8. The average Bonchev–Trinajstić information content (AvgIpc) is 3.07. The van der Waals surface area contributed by atoms with Crippen LogP contribution in [0.1, 0.15) is 6.92 Å². The molecule has 15 N–H and O–H groups in total. The van der Waals surface area contributed by atoms with Gasteiger partial charge >= 0.3 is 0 Å². The molecule has 3 saturated heterocycles. The molecule has 282 valence electrons. The van der Waals surface area contributed by atoms with Gasteiger partial charge in [-0.2, -0.15) is 0 Å². The Morgan fingerprint density at radius 3 is 1.69 bits per heavy atom. The third-order valence-electron chi connectivity index (χ3n) is 8.25. The summed E-state index contributed by atoms with van der Waals surface area (Å²) in [6, 6.07) is -1.47. The van der Waals surface area contributed by atoms with Gasteiger partial charge in [0, 0.05) is 6.92 Å². The first-order chi connectivity index (χ1) is 22.6. The standard InChI is InChI=1S/C26H47NO21/c1-7(33)27-13-17(39)15(37)10(4-30)43-24(13)47-22-12(6-32)45-25(19(41)18(22)40)48-23-16(38)11(5-31)44-26(20(23)42)46-21(9(35)3-29)14(36)8(34)2-28/h8-26,28-32,34-42H,2-6H2,1H3,(H,27,33)/t8-,9+,10-,11-,12-,13-,14-,15-,16-,17-,18-,19-,20-,21-,22-,23+,24+,25+,26+/m1/s1. The molecule has 22 nitrogen and oxygen atoms in total. The van der Waals surface area contributed by atoms with Crippen molar-refractivity contribution in [1.29, 1.82) is 0 Å². The van der Waals surface area contributed by atoms with Crippen molar-refractivity contribution >= 4 is 5.91 Å². The molecule has 48 heavy (non-hydrogen) atoms. The first-order valence-electron chi connectivity index (χ1n) is 15.0. The van der Waals surface area contributed by atoms with Gasteiger partial charge in [-0.05, 0) is 0 Å². The maximum atomic E-state index is 11.8. The number of aliphatic hydroxyl groups is 14. The predicted molar refractivity (Wildman–Crippen MR) is 148 cm³/mol. The number of carbonyl (C=O) groups excluding carboxylic acids is 1. The lowest BCUT2D eigenvalue weighted by atomic mass is 9.95. The molecule has 3 aliphatic heterocycles. The fraction of sp³-hybridized carbons (Fsp3) is 0.962. The van der Waals surface area contributed by atoms with Gasteiger partial charge in [0.1, 0.15) is 97.6 Å². The van der Waals surface area contributed by atoms with Crippen molar-refractivity contribution in [2.75, 3.05) is 33.0 Å². The minimum Gasteiger partial charge on any atom is -0.394 e. The summed E-state index contributed by atoms with van der Waals surface area (Å²) < 4.78 is 33.0. The molecule has 0 aromatic rings. The highest BCUT2D eigenvalue weighted by molar-refractivity contribution is 5.73. The van der Waals surface area contributed by atoms with E-state index in [4.69, 9.17) is 28.4 Å². The summed E-state index contributed by atoms with van der Waals surface area (Å²) in [5.74, 6) is -0.688. The van der Waals surface area contributed by atoms with Gasteiger partial charge in [-0.1, -0.05) is 0 Å². The van der Waals surface area contributed by atoms with E-state index in [-0.39, 0.29) is 0 Å². The van der Waals surface area contributed by atoms with Crippen molar-refractivity contribution < 1.29 is 105 Å². The second-order valence-corrected chi connectivity index (χ2v) is 11.6. The Hall–Kier alpha value is -1.33. The van der Waals surface area contributed by atoms with Crippen molar-refractivity contribution in [3.8, 4) is 0 Å². The Bertz CT molecular complexity index is 982. The van der Waals surface area contributed by atoms with Crippen LogP contribution in [-0.4, -0.2) is 227 Å². The van der Waals surface area contributed by atoms with Crippen LogP contribution in [0.25, 0.3) is 0 Å². The highest BCUT2D eigenvalue weighted by Crippen LogP contribution is 2.33. The van der Waals surface area contributed by atoms with Crippen LogP contribution < -0.4 is 5.32 Å². The van der Waals surface area contributed by atoms with Crippen molar-refractivity contribution in [3.05, 3.63) is 0 Å². The van der Waals surface area contributed by atoms with E-state index in [0.717, 1.165) is 6.92 Å². The van der Waals surface area contributed by atoms with E-state index in [9.17, 15) is 76.3 Å². The fourth-order valence-corrected chi connectivity index (χ4v) is 5.54. The van der Waals surface area contributed by atoms with Crippen LogP contribution >= 0.6 is 0 Å². The molecule has 0 unspecified atom stereocenters. The van der Waals surface area contributed by atoms with E-state index in [2.05, 4.69) is 5.32 Å². The Morgan fingerprint density at radius 2 is 1.15 bits per heavy atom. The van der Waals surface area contributed by atoms with Gasteiger partial charge in [-0.25, -0.2) is 0 Å². The van der Waals surface area contributed by atoms with Gasteiger partial charge in [0.05, 0.1) is 33.0 Å². The van der Waals surface area contributed by atoms with Crippen LogP contribution in [0.5, 0.6) is 0 Å². The number of carbonyl (C=O) groups is 1. The second kappa shape index (κ2) is 18.2. The largest absolute Gasteiger partial charge is 0.394 e. The van der Waals surface area contributed by atoms with Gasteiger partial charge in [0.25, 0.3) is 0 Å². The molecular formula is C26H47NO21. The topological polar surface area (TPSA) is 368 Å². The number of hydrogen-bond acceptors (Lipinski definition) is 21. The third kappa shape index (κ3) is 9.12. The van der Waals surface area contributed by atoms with Crippen molar-refractivity contribution in [2.45, 2.75) is 123 Å². The van der Waals surface area contributed by atoms with Crippen LogP contribution in [0.4, 0.5) is 0 Å². The van der Waals surface area contributed by atoms with E-state index >= 15 is 0 Å². The molecule has 3 heterocycles. The summed E-state index contributed by atoms with van der Waals surface area (Å²) >= 11 is 0. The molecule has 0 aromatic heterocycles.